The standard InChI is InChI=1S/C16H13Cl2NS/c1-19-16(12-7-6-11(17)9-13(12)18)15-8-10-4-2-3-5-14(10)20-15/h2-9,16,19H,1H3. The summed E-state index contributed by atoms with van der Waals surface area (Å²) < 4.78 is 1.29. The number of thiophene rings is 1. The Morgan fingerprint density at radius 2 is 1.85 bits per heavy atom. The van der Waals surface area contributed by atoms with Crippen molar-refractivity contribution in [1.29, 1.82) is 0 Å². The Kier molecular flexibility index (Phi) is 3.99. The highest BCUT2D eigenvalue weighted by atomic mass is 35.5. The highest BCUT2D eigenvalue weighted by molar-refractivity contribution is 7.19. The highest BCUT2D eigenvalue weighted by Crippen LogP contribution is 2.36. The molecule has 0 aliphatic heterocycles. The Morgan fingerprint density at radius 3 is 2.55 bits per heavy atom. The van der Waals surface area contributed by atoms with Gasteiger partial charge in [-0.05, 0) is 42.3 Å². The van der Waals surface area contributed by atoms with Crippen molar-refractivity contribution in [2.24, 2.45) is 0 Å². The van der Waals surface area contributed by atoms with Crippen molar-refractivity contribution in [3.8, 4) is 0 Å². The molecule has 0 saturated carbocycles. The van der Waals surface area contributed by atoms with Crippen molar-refractivity contribution in [2.45, 2.75) is 6.04 Å². The molecule has 0 radical (unpaired) electrons. The second kappa shape index (κ2) is 5.74. The van der Waals surface area contributed by atoms with E-state index in [4.69, 9.17) is 23.2 Å². The van der Waals surface area contributed by atoms with Gasteiger partial charge in [-0.15, -0.1) is 11.3 Å². The Morgan fingerprint density at radius 1 is 1.05 bits per heavy atom. The maximum absolute atomic E-state index is 6.33. The van der Waals surface area contributed by atoms with Crippen molar-refractivity contribution in [1.82, 2.24) is 5.32 Å². The van der Waals surface area contributed by atoms with Gasteiger partial charge in [-0.1, -0.05) is 47.5 Å². The zero-order chi connectivity index (χ0) is 14.1. The van der Waals surface area contributed by atoms with Crippen molar-refractivity contribution < 1.29 is 0 Å². The molecule has 0 aliphatic carbocycles. The minimum absolute atomic E-state index is 0.0807. The Balaban J connectivity index is 2.08. The van der Waals surface area contributed by atoms with Crippen LogP contribution in [0.2, 0.25) is 10.0 Å². The van der Waals surface area contributed by atoms with Crippen LogP contribution in [-0.4, -0.2) is 7.05 Å². The molecular formula is C16H13Cl2NS. The second-order valence-corrected chi connectivity index (χ2v) is 6.53. The molecule has 1 aromatic heterocycles. The first-order chi connectivity index (χ1) is 9.69. The Hall–Kier alpha value is -1.06. The van der Waals surface area contributed by atoms with Crippen LogP contribution in [-0.2, 0) is 0 Å². The molecule has 2 aromatic carbocycles. The summed E-state index contributed by atoms with van der Waals surface area (Å²) in [5.74, 6) is 0. The number of hydrogen-bond donors (Lipinski definition) is 1. The van der Waals surface area contributed by atoms with Gasteiger partial charge in [0.15, 0.2) is 0 Å². The van der Waals surface area contributed by atoms with E-state index in [0.717, 1.165) is 5.56 Å². The van der Waals surface area contributed by atoms with Gasteiger partial charge in [-0.25, -0.2) is 0 Å². The highest BCUT2D eigenvalue weighted by Gasteiger charge is 2.17. The van der Waals surface area contributed by atoms with Crippen LogP contribution in [0, 0.1) is 0 Å². The Labute approximate surface area is 132 Å². The van der Waals surface area contributed by atoms with Gasteiger partial charge < -0.3 is 5.32 Å². The normalized spacial score (nSPS) is 12.8. The minimum Gasteiger partial charge on any atom is -0.309 e. The average molecular weight is 322 g/mol. The third kappa shape index (κ3) is 2.57. The van der Waals surface area contributed by atoms with Crippen LogP contribution in [0.3, 0.4) is 0 Å². The van der Waals surface area contributed by atoms with Crippen LogP contribution in [0.4, 0.5) is 0 Å². The van der Waals surface area contributed by atoms with Gasteiger partial charge in [0, 0.05) is 19.6 Å². The van der Waals surface area contributed by atoms with Gasteiger partial charge in [0.05, 0.1) is 6.04 Å². The molecule has 20 heavy (non-hydrogen) atoms. The van der Waals surface area contributed by atoms with E-state index in [9.17, 15) is 0 Å². The van der Waals surface area contributed by atoms with Crippen LogP contribution in [0.25, 0.3) is 10.1 Å². The van der Waals surface area contributed by atoms with E-state index in [1.165, 1.54) is 15.0 Å². The summed E-state index contributed by atoms with van der Waals surface area (Å²) in [7, 11) is 1.94. The summed E-state index contributed by atoms with van der Waals surface area (Å²) in [6.07, 6.45) is 0. The largest absolute Gasteiger partial charge is 0.309 e. The topological polar surface area (TPSA) is 12.0 Å². The fourth-order valence-corrected chi connectivity index (χ4v) is 4.04. The molecule has 3 rings (SSSR count). The lowest BCUT2D eigenvalue weighted by Crippen LogP contribution is -2.16. The van der Waals surface area contributed by atoms with Crippen molar-refractivity contribution >= 4 is 44.6 Å². The number of benzene rings is 2. The van der Waals surface area contributed by atoms with Gasteiger partial charge in [-0.3, -0.25) is 0 Å². The summed E-state index contributed by atoms with van der Waals surface area (Å²) in [6.45, 7) is 0. The van der Waals surface area contributed by atoms with Crippen LogP contribution < -0.4 is 5.32 Å². The molecule has 102 valence electrons. The fourth-order valence-electron chi connectivity index (χ4n) is 2.33. The molecule has 1 N–H and O–H groups in total. The zero-order valence-electron chi connectivity index (χ0n) is 10.9. The second-order valence-electron chi connectivity index (χ2n) is 4.57. The van der Waals surface area contributed by atoms with E-state index in [2.05, 4.69) is 35.6 Å². The molecule has 3 aromatic rings. The van der Waals surface area contributed by atoms with E-state index >= 15 is 0 Å². The monoisotopic (exact) mass is 321 g/mol. The van der Waals surface area contributed by atoms with Crippen LogP contribution in [0.15, 0.2) is 48.5 Å². The lowest BCUT2D eigenvalue weighted by Gasteiger charge is -2.16. The maximum atomic E-state index is 6.33. The minimum atomic E-state index is 0.0807. The first-order valence-corrected chi connectivity index (χ1v) is 7.87. The summed E-state index contributed by atoms with van der Waals surface area (Å²) in [5, 5.41) is 5.95. The van der Waals surface area contributed by atoms with Gasteiger partial charge in [-0.2, -0.15) is 0 Å². The molecule has 0 bridgehead atoms. The van der Waals surface area contributed by atoms with Crippen LogP contribution in [0.5, 0.6) is 0 Å². The molecule has 0 aliphatic rings. The molecule has 4 heteroatoms. The smallest absolute Gasteiger partial charge is 0.0683 e. The van der Waals surface area contributed by atoms with E-state index < -0.39 is 0 Å². The third-order valence-electron chi connectivity index (χ3n) is 3.29. The molecule has 0 saturated heterocycles. The number of rotatable bonds is 3. The van der Waals surface area contributed by atoms with E-state index in [-0.39, 0.29) is 6.04 Å². The fraction of sp³-hybridized carbons (Fsp3) is 0.125. The molecule has 1 unspecified atom stereocenters. The Bertz CT molecular complexity index is 718. The number of hydrogen-bond acceptors (Lipinski definition) is 2. The van der Waals surface area contributed by atoms with Crippen molar-refractivity contribution in [3.05, 3.63) is 69.0 Å². The quantitative estimate of drug-likeness (QED) is 0.670. The number of fused-ring (bicyclic) bond motifs is 1. The SMILES string of the molecule is CNC(c1cc2ccccc2s1)c1ccc(Cl)cc1Cl. The van der Waals surface area contributed by atoms with Gasteiger partial charge >= 0.3 is 0 Å². The molecule has 1 atom stereocenters. The first kappa shape index (κ1) is 13.9. The van der Waals surface area contributed by atoms with Crippen LogP contribution >= 0.6 is 34.5 Å². The van der Waals surface area contributed by atoms with Gasteiger partial charge in [0.1, 0.15) is 0 Å². The van der Waals surface area contributed by atoms with Crippen molar-refractivity contribution in [3.63, 3.8) is 0 Å². The predicted octanol–water partition coefficient (Wildman–Crippen LogP) is 5.52. The van der Waals surface area contributed by atoms with E-state index in [1.54, 1.807) is 17.4 Å². The van der Waals surface area contributed by atoms with Gasteiger partial charge in [0.2, 0.25) is 0 Å². The molecular weight excluding hydrogens is 309 g/mol. The lowest BCUT2D eigenvalue weighted by molar-refractivity contribution is 0.704. The summed E-state index contributed by atoms with van der Waals surface area (Å²) in [6, 6.07) is 16.3. The molecule has 1 heterocycles. The van der Waals surface area contributed by atoms with Gasteiger partial charge in [0.25, 0.3) is 0 Å². The summed E-state index contributed by atoms with van der Waals surface area (Å²) in [4.78, 5) is 1.25. The summed E-state index contributed by atoms with van der Waals surface area (Å²) >= 11 is 14.1. The third-order valence-corrected chi connectivity index (χ3v) is 5.03. The molecule has 0 fully saturated rings. The van der Waals surface area contributed by atoms with Crippen LogP contribution in [0.1, 0.15) is 16.5 Å². The lowest BCUT2D eigenvalue weighted by atomic mass is 10.0. The first-order valence-electron chi connectivity index (χ1n) is 6.29. The molecule has 0 amide bonds. The molecule has 1 nitrogen and oxygen atoms in total. The van der Waals surface area contributed by atoms with E-state index in [0.29, 0.717) is 10.0 Å². The number of halogens is 2. The molecule has 0 spiro atoms. The number of nitrogens with one attached hydrogen (secondary N) is 1. The van der Waals surface area contributed by atoms with E-state index in [1.807, 2.05) is 19.2 Å². The average Bonchev–Trinajstić information content (AvgIpc) is 2.85. The maximum Gasteiger partial charge on any atom is 0.0683 e. The zero-order valence-corrected chi connectivity index (χ0v) is 13.2. The van der Waals surface area contributed by atoms with Crippen molar-refractivity contribution in [2.75, 3.05) is 7.05 Å². The predicted molar refractivity (Wildman–Crippen MR) is 89.2 cm³/mol. The summed E-state index contributed by atoms with van der Waals surface area (Å²) in [5.41, 5.74) is 1.05.